The predicted octanol–water partition coefficient (Wildman–Crippen LogP) is 1.79. The van der Waals surface area contributed by atoms with Crippen LogP contribution in [0.3, 0.4) is 0 Å². The van der Waals surface area contributed by atoms with E-state index in [-0.39, 0.29) is 24.1 Å². The molecule has 20 heavy (non-hydrogen) atoms. The van der Waals surface area contributed by atoms with E-state index in [0.717, 1.165) is 0 Å². The lowest BCUT2D eigenvalue weighted by Crippen LogP contribution is -2.55. The molecular formula is C15H26O5. The summed E-state index contributed by atoms with van der Waals surface area (Å²) >= 11 is 0. The van der Waals surface area contributed by atoms with Crippen LogP contribution in [0.2, 0.25) is 0 Å². The molecule has 5 heteroatoms. The van der Waals surface area contributed by atoms with E-state index in [4.69, 9.17) is 4.74 Å². The molecular weight excluding hydrogens is 260 g/mol. The Bertz CT molecular complexity index is 375. The number of allylic oxidation sites excluding steroid dienone is 1. The zero-order chi connectivity index (χ0) is 15.7. The fourth-order valence-electron chi connectivity index (χ4n) is 3.81. The number of carbonyl (C=O) groups is 1. The topological polar surface area (TPSA) is 87.0 Å². The molecule has 5 nitrogen and oxygen atoms in total. The number of hydrogen-bond acceptors (Lipinski definition) is 5. The Hall–Kier alpha value is -1.07. The largest absolute Gasteiger partial charge is 0.513 e. The number of methoxy groups -OCH3 is 1. The Morgan fingerprint density at radius 3 is 2.30 bits per heavy atom. The lowest BCUT2D eigenvalue weighted by atomic mass is 9.57. The Morgan fingerprint density at radius 1 is 1.35 bits per heavy atom. The minimum atomic E-state index is -1.22. The standard InChI is InChI=1S/C15H26O5/c1-9(16)6-11(17)12-14(2,3)7-10(13(18)20-5)8-15(12,4)19/h6,10-12,16-17,19H,7-8H2,1-5H3/b9-6-. The van der Waals surface area contributed by atoms with Gasteiger partial charge in [0.1, 0.15) is 0 Å². The van der Waals surface area contributed by atoms with Gasteiger partial charge in [-0.05, 0) is 38.2 Å². The molecule has 4 unspecified atom stereocenters. The second-order valence-corrected chi connectivity index (χ2v) is 6.75. The van der Waals surface area contributed by atoms with Crippen molar-refractivity contribution in [1.82, 2.24) is 0 Å². The lowest BCUT2D eigenvalue weighted by molar-refractivity contribution is -0.170. The highest BCUT2D eigenvalue weighted by atomic mass is 16.5. The second kappa shape index (κ2) is 5.74. The average molecular weight is 286 g/mol. The van der Waals surface area contributed by atoms with Crippen LogP contribution in [0.4, 0.5) is 0 Å². The first-order valence-corrected chi connectivity index (χ1v) is 6.87. The van der Waals surface area contributed by atoms with Crippen molar-refractivity contribution in [2.24, 2.45) is 17.3 Å². The minimum Gasteiger partial charge on any atom is -0.513 e. The van der Waals surface area contributed by atoms with Gasteiger partial charge in [-0.1, -0.05) is 13.8 Å². The molecule has 1 aliphatic carbocycles. The molecule has 1 fully saturated rings. The molecule has 1 saturated carbocycles. The summed E-state index contributed by atoms with van der Waals surface area (Å²) in [6.45, 7) is 6.92. The van der Waals surface area contributed by atoms with Gasteiger partial charge in [0, 0.05) is 5.92 Å². The molecule has 0 heterocycles. The molecule has 0 amide bonds. The molecule has 0 radical (unpaired) electrons. The van der Waals surface area contributed by atoms with E-state index < -0.39 is 23.0 Å². The number of rotatable bonds is 3. The zero-order valence-corrected chi connectivity index (χ0v) is 12.9. The van der Waals surface area contributed by atoms with Gasteiger partial charge in [0.15, 0.2) is 0 Å². The molecule has 0 aliphatic heterocycles. The van der Waals surface area contributed by atoms with Crippen molar-refractivity contribution < 1.29 is 24.9 Å². The molecule has 4 atom stereocenters. The van der Waals surface area contributed by atoms with Gasteiger partial charge in [0.25, 0.3) is 0 Å². The minimum absolute atomic E-state index is 0.0131. The zero-order valence-electron chi connectivity index (χ0n) is 12.9. The monoisotopic (exact) mass is 286 g/mol. The second-order valence-electron chi connectivity index (χ2n) is 6.75. The van der Waals surface area contributed by atoms with Gasteiger partial charge in [0.05, 0.1) is 30.5 Å². The maximum absolute atomic E-state index is 11.7. The molecule has 0 aromatic carbocycles. The van der Waals surface area contributed by atoms with Crippen LogP contribution in [0.1, 0.15) is 40.5 Å². The van der Waals surface area contributed by atoms with Crippen molar-refractivity contribution in [3.8, 4) is 0 Å². The third-order valence-electron chi connectivity index (χ3n) is 4.23. The number of aliphatic hydroxyl groups is 3. The van der Waals surface area contributed by atoms with Crippen LogP contribution in [0.25, 0.3) is 0 Å². The summed E-state index contributed by atoms with van der Waals surface area (Å²) in [4.78, 5) is 11.7. The summed E-state index contributed by atoms with van der Waals surface area (Å²) < 4.78 is 4.77. The van der Waals surface area contributed by atoms with E-state index in [1.807, 2.05) is 13.8 Å². The fourth-order valence-corrected chi connectivity index (χ4v) is 3.81. The van der Waals surface area contributed by atoms with Gasteiger partial charge < -0.3 is 20.1 Å². The number of aliphatic hydroxyl groups excluding tert-OH is 2. The third kappa shape index (κ3) is 3.52. The van der Waals surface area contributed by atoms with Crippen molar-refractivity contribution in [2.75, 3.05) is 7.11 Å². The molecule has 1 aliphatic rings. The molecule has 0 aromatic heterocycles. The van der Waals surface area contributed by atoms with Crippen molar-refractivity contribution in [2.45, 2.75) is 52.2 Å². The number of carbonyl (C=O) groups excluding carboxylic acids is 1. The van der Waals surface area contributed by atoms with E-state index in [1.165, 1.54) is 20.1 Å². The maximum atomic E-state index is 11.7. The average Bonchev–Trinajstić information content (AvgIpc) is 2.22. The van der Waals surface area contributed by atoms with Crippen molar-refractivity contribution in [3.63, 3.8) is 0 Å². The van der Waals surface area contributed by atoms with Gasteiger partial charge in [-0.15, -0.1) is 0 Å². The first-order valence-electron chi connectivity index (χ1n) is 6.87. The number of esters is 1. The highest BCUT2D eigenvalue weighted by Crippen LogP contribution is 2.50. The van der Waals surface area contributed by atoms with E-state index in [1.54, 1.807) is 6.92 Å². The van der Waals surface area contributed by atoms with Crippen LogP contribution in [0.5, 0.6) is 0 Å². The highest BCUT2D eigenvalue weighted by Gasteiger charge is 2.53. The third-order valence-corrected chi connectivity index (χ3v) is 4.23. The maximum Gasteiger partial charge on any atom is 0.308 e. The Balaban J connectivity index is 3.08. The van der Waals surface area contributed by atoms with Crippen LogP contribution in [0, 0.1) is 17.3 Å². The number of hydrogen-bond donors (Lipinski definition) is 3. The van der Waals surface area contributed by atoms with E-state index in [2.05, 4.69) is 0 Å². The van der Waals surface area contributed by atoms with E-state index in [0.29, 0.717) is 6.42 Å². The Morgan fingerprint density at radius 2 is 1.90 bits per heavy atom. The summed E-state index contributed by atoms with van der Waals surface area (Å²) in [5.74, 6) is -1.18. The normalized spacial score (nSPS) is 35.5. The first kappa shape index (κ1) is 17.0. The van der Waals surface area contributed by atoms with Gasteiger partial charge in [-0.3, -0.25) is 4.79 Å². The van der Waals surface area contributed by atoms with E-state index in [9.17, 15) is 20.1 Å². The predicted molar refractivity (Wildman–Crippen MR) is 75.0 cm³/mol. The van der Waals surface area contributed by atoms with E-state index >= 15 is 0 Å². The lowest BCUT2D eigenvalue weighted by Gasteiger charge is -2.51. The summed E-state index contributed by atoms with van der Waals surface area (Å²) in [7, 11) is 1.34. The fraction of sp³-hybridized carbons (Fsp3) is 0.800. The molecule has 1 rings (SSSR count). The molecule has 0 spiro atoms. The van der Waals surface area contributed by atoms with Gasteiger partial charge >= 0.3 is 5.97 Å². The van der Waals surface area contributed by atoms with Crippen LogP contribution < -0.4 is 0 Å². The van der Waals surface area contributed by atoms with Gasteiger partial charge in [-0.2, -0.15) is 0 Å². The molecule has 0 saturated heterocycles. The van der Waals surface area contributed by atoms with Crippen LogP contribution >= 0.6 is 0 Å². The summed E-state index contributed by atoms with van der Waals surface area (Å²) in [5.41, 5.74) is -1.68. The Labute approximate surface area is 120 Å². The smallest absolute Gasteiger partial charge is 0.308 e. The Kier molecular flexibility index (Phi) is 4.87. The highest BCUT2D eigenvalue weighted by molar-refractivity contribution is 5.72. The summed E-state index contributed by atoms with van der Waals surface area (Å²) in [5, 5.41) is 30.3. The van der Waals surface area contributed by atoms with Crippen LogP contribution in [-0.2, 0) is 9.53 Å². The van der Waals surface area contributed by atoms with Crippen LogP contribution in [-0.4, -0.2) is 40.1 Å². The SMILES string of the molecule is COC(=O)C1CC(C)(C)C(C(O)/C=C(/C)O)C(C)(O)C1. The molecule has 0 aromatic rings. The first-order chi connectivity index (χ1) is 9.01. The molecule has 0 bridgehead atoms. The van der Waals surface area contributed by atoms with Crippen LogP contribution in [0.15, 0.2) is 11.8 Å². The van der Waals surface area contributed by atoms with Gasteiger partial charge in [-0.25, -0.2) is 0 Å². The molecule has 3 N–H and O–H groups in total. The van der Waals surface area contributed by atoms with Crippen molar-refractivity contribution in [3.05, 3.63) is 11.8 Å². The number of ether oxygens (including phenoxy) is 1. The van der Waals surface area contributed by atoms with Gasteiger partial charge in [0.2, 0.25) is 0 Å². The molecule has 116 valence electrons. The summed E-state index contributed by atoms with van der Waals surface area (Å²) in [6, 6.07) is 0. The summed E-state index contributed by atoms with van der Waals surface area (Å²) in [6.07, 6.45) is 1.13. The van der Waals surface area contributed by atoms with Crippen molar-refractivity contribution in [1.29, 1.82) is 0 Å². The van der Waals surface area contributed by atoms with Crippen molar-refractivity contribution >= 4 is 5.97 Å². The quantitative estimate of drug-likeness (QED) is 0.544.